The molecule has 1 rings (SSSR count). The van der Waals surface area contributed by atoms with Gasteiger partial charge in [-0.25, -0.2) is 0 Å². The van der Waals surface area contributed by atoms with Crippen LogP contribution in [-0.2, 0) is 21.3 Å². The molecule has 0 saturated carbocycles. The smallest absolute Gasteiger partial charge is 0.310 e. The monoisotopic (exact) mass is 208 g/mol. The molecule has 0 amide bonds. The number of esters is 1. The average molecular weight is 209 g/mol. The molecule has 0 saturated heterocycles. The van der Waals surface area contributed by atoms with Crippen LogP contribution in [-0.4, -0.2) is 5.97 Å². The fraction of sp³-hybridized carbons (Fsp3) is 0.222. The number of benzene rings is 1. The molecule has 68 valence electrons. The van der Waals surface area contributed by atoms with Crippen molar-refractivity contribution in [2.24, 2.45) is 0 Å². The van der Waals surface area contributed by atoms with Crippen molar-refractivity contribution in [3.63, 3.8) is 0 Å². The van der Waals surface area contributed by atoms with E-state index in [9.17, 15) is 4.79 Å². The molecule has 0 aliphatic carbocycles. The molecule has 0 radical (unpaired) electrons. The summed E-state index contributed by atoms with van der Waals surface area (Å²) in [6.45, 7) is 1.77. The second-order valence-electron chi connectivity index (χ2n) is 2.14. The molecule has 0 N–H and O–H groups in total. The van der Waals surface area contributed by atoms with Gasteiger partial charge in [0.05, 0.1) is 0 Å². The minimum atomic E-state index is -0.198. The van der Waals surface area contributed by atoms with Gasteiger partial charge in [-0.3, -0.25) is 4.79 Å². The van der Waals surface area contributed by atoms with Gasteiger partial charge in [-0.1, -0.05) is 25.1 Å². The van der Waals surface area contributed by atoms with Crippen molar-refractivity contribution in [2.75, 3.05) is 0 Å². The maximum absolute atomic E-state index is 10.8. The van der Waals surface area contributed by atoms with E-state index < -0.39 is 0 Å². The molecule has 0 heterocycles. The number of para-hydroxylation sites is 1. The summed E-state index contributed by atoms with van der Waals surface area (Å²) in [4.78, 5) is 10.8. The summed E-state index contributed by atoms with van der Waals surface area (Å²) in [5, 5.41) is 0. The van der Waals surface area contributed by atoms with Gasteiger partial charge < -0.3 is 4.74 Å². The molecule has 2 nitrogen and oxygen atoms in total. The normalized spacial score (nSPS) is 8.42. The summed E-state index contributed by atoms with van der Waals surface area (Å²) in [7, 11) is 0. The van der Waals surface area contributed by atoms with Crippen molar-refractivity contribution in [2.45, 2.75) is 13.3 Å². The first-order valence-corrected chi connectivity index (χ1v) is 3.58. The van der Waals surface area contributed by atoms with Crippen LogP contribution in [0.1, 0.15) is 13.3 Å². The van der Waals surface area contributed by atoms with E-state index in [-0.39, 0.29) is 22.5 Å². The second kappa shape index (κ2) is 5.79. The van der Waals surface area contributed by atoms with Crippen LogP contribution in [0.25, 0.3) is 0 Å². The van der Waals surface area contributed by atoms with Crippen LogP contribution in [0.2, 0.25) is 0 Å². The van der Waals surface area contributed by atoms with Crippen LogP contribution >= 0.6 is 0 Å². The molecule has 3 heteroatoms. The summed E-state index contributed by atoms with van der Waals surface area (Å²) in [5.41, 5.74) is 0. The molecule has 0 fully saturated rings. The van der Waals surface area contributed by atoms with Crippen molar-refractivity contribution in [1.29, 1.82) is 0 Å². The van der Waals surface area contributed by atoms with Gasteiger partial charge in [0.25, 0.3) is 0 Å². The fourth-order valence-corrected chi connectivity index (χ4v) is 0.692. The average Bonchev–Trinajstić information content (AvgIpc) is 2.06. The first kappa shape index (κ1) is 11.2. The standard InChI is InChI=1S/C9H10O2.Ni/c1-2-9(10)11-8-6-4-3-5-7-8;/h3-7H,2H2,1H3;. The van der Waals surface area contributed by atoms with Crippen LogP contribution in [0.5, 0.6) is 5.75 Å². The van der Waals surface area contributed by atoms with Crippen LogP contribution in [0, 0.1) is 0 Å². The predicted molar refractivity (Wildman–Crippen MR) is 42.4 cm³/mol. The van der Waals surface area contributed by atoms with Crippen LogP contribution in [0.4, 0.5) is 0 Å². The summed E-state index contributed by atoms with van der Waals surface area (Å²) >= 11 is 0. The molecule has 0 atom stereocenters. The van der Waals surface area contributed by atoms with Crippen LogP contribution in [0.15, 0.2) is 30.3 Å². The SMILES string of the molecule is CCC(=O)Oc1ccccc1.[Ni]. The number of hydrogen-bond donors (Lipinski definition) is 0. The third-order valence-corrected chi connectivity index (χ3v) is 1.26. The van der Waals surface area contributed by atoms with Gasteiger partial charge in [-0.2, -0.15) is 0 Å². The summed E-state index contributed by atoms with van der Waals surface area (Å²) in [6.07, 6.45) is 0.412. The van der Waals surface area contributed by atoms with Gasteiger partial charge >= 0.3 is 5.97 Å². The summed E-state index contributed by atoms with van der Waals surface area (Å²) in [6, 6.07) is 9.06. The van der Waals surface area contributed by atoms with E-state index in [0.29, 0.717) is 12.2 Å². The van der Waals surface area contributed by atoms with E-state index in [1.54, 1.807) is 19.1 Å². The maximum atomic E-state index is 10.8. The number of carbonyl (C=O) groups is 1. The zero-order valence-electron chi connectivity index (χ0n) is 6.73. The van der Waals surface area contributed by atoms with Crippen molar-refractivity contribution >= 4 is 5.97 Å². The Bertz CT molecular complexity index is 234. The molecule has 0 unspecified atom stereocenters. The van der Waals surface area contributed by atoms with Crippen LogP contribution < -0.4 is 4.74 Å². The van der Waals surface area contributed by atoms with Gasteiger partial charge in [-0.15, -0.1) is 0 Å². The van der Waals surface area contributed by atoms with Gasteiger partial charge in [-0.05, 0) is 12.1 Å². The molecule has 0 aliphatic rings. The zero-order valence-corrected chi connectivity index (χ0v) is 7.71. The number of ether oxygens (including phenoxy) is 1. The van der Waals surface area contributed by atoms with E-state index in [1.807, 2.05) is 18.2 Å². The molecule has 0 aromatic heterocycles. The molecule has 0 aliphatic heterocycles. The quantitative estimate of drug-likeness (QED) is 0.422. The van der Waals surface area contributed by atoms with E-state index in [4.69, 9.17) is 4.74 Å². The Balaban J connectivity index is 0.00000121. The van der Waals surface area contributed by atoms with Gasteiger partial charge in [0, 0.05) is 22.9 Å². The topological polar surface area (TPSA) is 26.3 Å². The first-order valence-electron chi connectivity index (χ1n) is 3.58. The molecular formula is C9H10NiO2. The van der Waals surface area contributed by atoms with Crippen molar-refractivity contribution in [1.82, 2.24) is 0 Å². The summed E-state index contributed by atoms with van der Waals surface area (Å²) < 4.78 is 4.92. The number of rotatable bonds is 2. The number of hydrogen-bond acceptors (Lipinski definition) is 2. The van der Waals surface area contributed by atoms with Gasteiger partial charge in [0.2, 0.25) is 0 Å². The van der Waals surface area contributed by atoms with Gasteiger partial charge in [0.15, 0.2) is 0 Å². The Morgan fingerprint density at radius 3 is 2.42 bits per heavy atom. The van der Waals surface area contributed by atoms with Crippen molar-refractivity contribution in [3.8, 4) is 5.75 Å². The second-order valence-corrected chi connectivity index (χ2v) is 2.14. The zero-order chi connectivity index (χ0) is 8.10. The molecule has 0 bridgehead atoms. The Morgan fingerprint density at radius 2 is 1.92 bits per heavy atom. The molecular weight excluding hydrogens is 199 g/mol. The maximum Gasteiger partial charge on any atom is 0.310 e. The van der Waals surface area contributed by atoms with E-state index in [2.05, 4.69) is 0 Å². The summed E-state index contributed by atoms with van der Waals surface area (Å²) in [5.74, 6) is 0.413. The first-order chi connectivity index (χ1) is 5.33. The van der Waals surface area contributed by atoms with E-state index in [0.717, 1.165) is 0 Å². The predicted octanol–water partition coefficient (Wildman–Crippen LogP) is 2.00. The van der Waals surface area contributed by atoms with Gasteiger partial charge in [0.1, 0.15) is 5.75 Å². The minimum Gasteiger partial charge on any atom is -0.427 e. The Morgan fingerprint density at radius 1 is 1.33 bits per heavy atom. The Hall–Kier alpha value is -0.816. The van der Waals surface area contributed by atoms with Crippen molar-refractivity contribution in [3.05, 3.63) is 30.3 Å². The van der Waals surface area contributed by atoms with E-state index >= 15 is 0 Å². The number of carbonyl (C=O) groups excluding carboxylic acids is 1. The molecule has 0 spiro atoms. The van der Waals surface area contributed by atoms with E-state index in [1.165, 1.54) is 0 Å². The fourth-order valence-electron chi connectivity index (χ4n) is 0.692. The molecule has 12 heavy (non-hydrogen) atoms. The Kier molecular flexibility index (Phi) is 5.39. The van der Waals surface area contributed by atoms with Crippen molar-refractivity contribution < 1.29 is 26.0 Å². The van der Waals surface area contributed by atoms with Crippen LogP contribution in [0.3, 0.4) is 0 Å². The third kappa shape index (κ3) is 3.54. The molecule has 1 aromatic rings. The molecule has 1 aromatic carbocycles. The third-order valence-electron chi connectivity index (χ3n) is 1.26. The minimum absolute atomic E-state index is 0. The Labute approximate surface area is 81.8 Å². The largest absolute Gasteiger partial charge is 0.427 e.